The number of carbonyl (C=O) groups excluding carboxylic acids is 1. The van der Waals surface area contributed by atoms with Crippen molar-refractivity contribution in [3.8, 4) is 5.75 Å². The third-order valence-corrected chi connectivity index (χ3v) is 5.35. The van der Waals surface area contributed by atoms with Crippen LogP contribution in [0.15, 0.2) is 24.3 Å². The van der Waals surface area contributed by atoms with Crippen molar-refractivity contribution < 1.29 is 9.53 Å². The standard InChI is InChI=1S/C20H25ClN2O2/c1-3-19(24)23(16-7-5-4-6-8-16)13-15-11-14-12-17(25-2)9-10-18(14)22-20(15)21/h9-12,16H,3-8,13H2,1-2H3. The Morgan fingerprint density at radius 1 is 1.28 bits per heavy atom. The molecule has 1 amide bonds. The van der Waals surface area contributed by atoms with Gasteiger partial charge in [-0.2, -0.15) is 0 Å². The Bertz CT molecular complexity index is 757. The lowest BCUT2D eigenvalue weighted by molar-refractivity contribution is -0.134. The first-order valence-electron chi connectivity index (χ1n) is 9.05. The fourth-order valence-corrected chi connectivity index (χ4v) is 3.82. The number of ether oxygens (including phenoxy) is 1. The van der Waals surface area contributed by atoms with Crippen LogP contribution in [0.25, 0.3) is 10.9 Å². The van der Waals surface area contributed by atoms with Gasteiger partial charge in [0.25, 0.3) is 0 Å². The van der Waals surface area contributed by atoms with E-state index in [-0.39, 0.29) is 5.91 Å². The van der Waals surface area contributed by atoms with Gasteiger partial charge in [0, 0.05) is 30.0 Å². The van der Waals surface area contributed by atoms with Gasteiger partial charge in [-0.3, -0.25) is 4.79 Å². The van der Waals surface area contributed by atoms with E-state index in [1.54, 1.807) is 7.11 Å². The van der Waals surface area contributed by atoms with E-state index in [9.17, 15) is 4.79 Å². The first-order valence-corrected chi connectivity index (χ1v) is 9.42. The van der Waals surface area contributed by atoms with Crippen LogP contribution in [0.5, 0.6) is 5.75 Å². The second-order valence-corrected chi connectivity index (χ2v) is 7.02. The minimum atomic E-state index is 0.189. The fourth-order valence-electron chi connectivity index (χ4n) is 3.61. The Morgan fingerprint density at radius 3 is 2.72 bits per heavy atom. The van der Waals surface area contributed by atoms with Crippen molar-refractivity contribution in [3.63, 3.8) is 0 Å². The van der Waals surface area contributed by atoms with Crippen molar-refractivity contribution in [2.75, 3.05) is 7.11 Å². The zero-order chi connectivity index (χ0) is 17.8. The number of nitrogens with zero attached hydrogens (tertiary/aromatic N) is 2. The van der Waals surface area contributed by atoms with Gasteiger partial charge in [0.15, 0.2) is 0 Å². The first-order chi connectivity index (χ1) is 12.1. The number of hydrogen-bond donors (Lipinski definition) is 0. The Hall–Kier alpha value is -1.81. The van der Waals surface area contributed by atoms with Crippen LogP contribution in [-0.4, -0.2) is 28.9 Å². The van der Waals surface area contributed by atoms with E-state index in [0.29, 0.717) is 24.2 Å². The van der Waals surface area contributed by atoms with Gasteiger partial charge in [-0.05, 0) is 37.1 Å². The molecule has 2 aromatic rings. The number of halogens is 1. The SMILES string of the molecule is CCC(=O)N(Cc1cc2cc(OC)ccc2nc1Cl)C1CCCCC1. The molecule has 3 rings (SSSR count). The number of pyridine rings is 1. The predicted molar refractivity (Wildman–Crippen MR) is 101 cm³/mol. The van der Waals surface area contributed by atoms with Gasteiger partial charge in [-0.25, -0.2) is 4.98 Å². The second-order valence-electron chi connectivity index (χ2n) is 6.66. The first kappa shape index (κ1) is 18.0. The third-order valence-electron chi connectivity index (χ3n) is 5.03. The lowest BCUT2D eigenvalue weighted by Gasteiger charge is -2.34. The summed E-state index contributed by atoms with van der Waals surface area (Å²) in [5.41, 5.74) is 1.73. The number of aromatic nitrogens is 1. The maximum absolute atomic E-state index is 12.5. The summed E-state index contributed by atoms with van der Waals surface area (Å²) < 4.78 is 5.30. The molecule has 0 atom stereocenters. The Labute approximate surface area is 154 Å². The summed E-state index contributed by atoms with van der Waals surface area (Å²) in [5.74, 6) is 0.977. The number of methoxy groups -OCH3 is 1. The average Bonchev–Trinajstić information content (AvgIpc) is 2.66. The largest absolute Gasteiger partial charge is 0.497 e. The van der Waals surface area contributed by atoms with Crippen LogP contribution in [0.1, 0.15) is 51.0 Å². The van der Waals surface area contributed by atoms with Crippen molar-refractivity contribution >= 4 is 28.4 Å². The number of hydrogen-bond acceptors (Lipinski definition) is 3. The molecule has 0 saturated heterocycles. The maximum atomic E-state index is 12.5. The quantitative estimate of drug-likeness (QED) is 0.707. The summed E-state index contributed by atoms with van der Waals surface area (Å²) >= 11 is 6.43. The van der Waals surface area contributed by atoms with Gasteiger partial charge < -0.3 is 9.64 Å². The molecule has 0 radical (unpaired) electrons. The van der Waals surface area contributed by atoms with Gasteiger partial charge in [-0.15, -0.1) is 0 Å². The molecule has 0 spiro atoms. The molecule has 134 valence electrons. The van der Waals surface area contributed by atoms with E-state index >= 15 is 0 Å². The van der Waals surface area contributed by atoms with Crippen molar-refractivity contribution in [1.29, 1.82) is 0 Å². The number of carbonyl (C=O) groups is 1. The molecule has 1 aromatic carbocycles. The molecule has 0 N–H and O–H groups in total. The summed E-state index contributed by atoms with van der Waals surface area (Å²) in [5, 5.41) is 1.45. The summed E-state index contributed by atoms with van der Waals surface area (Å²) in [6.07, 6.45) is 6.33. The van der Waals surface area contributed by atoms with Crippen LogP contribution in [0.4, 0.5) is 0 Å². The lowest BCUT2D eigenvalue weighted by Crippen LogP contribution is -2.40. The molecule has 1 heterocycles. The fraction of sp³-hybridized carbons (Fsp3) is 0.500. The number of rotatable bonds is 5. The summed E-state index contributed by atoms with van der Waals surface area (Å²) in [6.45, 7) is 2.44. The Balaban J connectivity index is 1.92. The monoisotopic (exact) mass is 360 g/mol. The Morgan fingerprint density at radius 2 is 2.04 bits per heavy atom. The van der Waals surface area contributed by atoms with E-state index in [2.05, 4.69) is 4.98 Å². The molecular formula is C20H25ClN2O2. The zero-order valence-corrected chi connectivity index (χ0v) is 15.7. The highest BCUT2D eigenvalue weighted by molar-refractivity contribution is 6.30. The molecular weight excluding hydrogens is 336 g/mol. The van der Waals surface area contributed by atoms with Crippen molar-refractivity contribution in [2.45, 2.75) is 58.0 Å². The topological polar surface area (TPSA) is 42.4 Å². The average molecular weight is 361 g/mol. The minimum Gasteiger partial charge on any atom is -0.497 e. The lowest BCUT2D eigenvalue weighted by atomic mass is 9.93. The smallest absolute Gasteiger partial charge is 0.222 e. The molecule has 1 aromatic heterocycles. The minimum absolute atomic E-state index is 0.189. The molecule has 1 aliphatic rings. The number of benzene rings is 1. The van der Waals surface area contributed by atoms with Crippen molar-refractivity contribution in [3.05, 3.63) is 35.0 Å². The van der Waals surface area contributed by atoms with Crippen LogP contribution in [0.3, 0.4) is 0 Å². The highest BCUT2D eigenvalue weighted by Gasteiger charge is 2.25. The van der Waals surface area contributed by atoms with E-state index in [1.807, 2.05) is 36.1 Å². The highest BCUT2D eigenvalue weighted by Crippen LogP contribution is 2.29. The molecule has 1 saturated carbocycles. The van der Waals surface area contributed by atoms with Crippen molar-refractivity contribution in [2.24, 2.45) is 0 Å². The Kier molecular flexibility index (Phi) is 5.79. The van der Waals surface area contributed by atoms with E-state index in [0.717, 1.165) is 35.1 Å². The van der Waals surface area contributed by atoms with E-state index < -0.39 is 0 Å². The maximum Gasteiger partial charge on any atom is 0.222 e. The van der Waals surface area contributed by atoms with Crippen LogP contribution in [-0.2, 0) is 11.3 Å². The molecule has 1 aliphatic carbocycles. The van der Waals surface area contributed by atoms with Crippen LogP contribution in [0.2, 0.25) is 5.15 Å². The molecule has 5 heteroatoms. The van der Waals surface area contributed by atoms with Gasteiger partial charge in [0.2, 0.25) is 5.91 Å². The van der Waals surface area contributed by atoms with Crippen LogP contribution in [0, 0.1) is 0 Å². The molecule has 4 nitrogen and oxygen atoms in total. The van der Waals surface area contributed by atoms with E-state index in [1.165, 1.54) is 19.3 Å². The molecule has 0 bridgehead atoms. The van der Waals surface area contributed by atoms with E-state index in [4.69, 9.17) is 16.3 Å². The summed E-state index contributed by atoms with van der Waals surface area (Å²) in [7, 11) is 1.65. The van der Waals surface area contributed by atoms with Gasteiger partial charge in [0.1, 0.15) is 10.9 Å². The van der Waals surface area contributed by atoms with Crippen LogP contribution < -0.4 is 4.74 Å². The second kappa shape index (κ2) is 8.05. The van der Waals surface area contributed by atoms with Gasteiger partial charge in [-0.1, -0.05) is 37.8 Å². The van der Waals surface area contributed by atoms with Crippen molar-refractivity contribution in [1.82, 2.24) is 9.88 Å². The molecule has 1 fully saturated rings. The third kappa shape index (κ3) is 4.06. The summed E-state index contributed by atoms with van der Waals surface area (Å²) in [6, 6.07) is 8.08. The van der Waals surface area contributed by atoms with Gasteiger partial charge >= 0.3 is 0 Å². The van der Waals surface area contributed by atoms with Crippen LogP contribution >= 0.6 is 11.6 Å². The predicted octanol–water partition coefficient (Wildman–Crippen LogP) is 4.97. The molecule has 25 heavy (non-hydrogen) atoms. The zero-order valence-electron chi connectivity index (χ0n) is 14.9. The van der Waals surface area contributed by atoms with Gasteiger partial charge in [0.05, 0.1) is 12.6 Å². The normalized spacial score (nSPS) is 15.3. The number of fused-ring (bicyclic) bond motifs is 1. The molecule has 0 unspecified atom stereocenters. The molecule has 0 aliphatic heterocycles. The number of amides is 1. The summed E-state index contributed by atoms with van der Waals surface area (Å²) in [4.78, 5) is 19.0. The highest BCUT2D eigenvalue weighted by atomic mass is 35.5.